The van der Waals surface area contributed by atoms with Gasteiger partial charge in [-0.2, -0.15) is 0 Å². The van der Waals surface area contributed by atoms with E-state index in [0.717, 1.165) is 21.4 Å². The molecule has 0 radical (unpaired) electrons. The number of anilines is 1. The first kappa shape index (κ1) is 20.0. The molecular weight excluding hydrogens is 404 g/mol. The summed E-state index contributed by atoms with van der Waals surface area (Å²) in [5, 5.41) is 3.78. The van der Waals surface area contributed by atoms with Crippen molar-refractivity contribution in [2.24, 2.45) is 0 Å². The molecule has 0 aliphatic carbocycles. The molecule has 2 amide bonds. The molecule has 30 heavy (non-hydrogen) atoms. The highest BCUT2D eigenvalue weighted by atomic mass is 32.1. The Balaban J connectivity index is 1.42. The number of urea groups is 1. The Morgan fingerprint density at radius 1 is 1.10 bits per heavy atom. The lowest BCUT2D eigenvalue weighted by atomic mass is 10.2. The molecule has 0 saturated heterocycles. The van der Waals surface area contributed by atoms with Crippen molar-refractivity contribution in [3.63, 3.8) is 0 Å². The van der Waals surface area contributed by atoms with Crippen LogP contribution in [0.4, 0.5) is 10.5 Å². The number of carbonyl (C=O) groups is 2. The van der Waals surface area contributed by atoms with Gasteiger partial charge >= 0.3 is 12.0 Å². The number of carbonyl (C=O) groups excluding carboxylic acids is 2. The van der Waals surface area contributed by atoms with E-state index in [4.69, 9.17) is 14.2 Å². The zero-order valence-corrected chi connectivity index (χ0v) is 17.6. The van der Waals surface area contributed by atoms with Crippen LogP contribution in [-0.4, -0.2) is 43.8 Å². The molecule has 2 aromatic carbocycles. The van der Waals surface area contributed by atoms with Gasteiger partial charge in [0.05, 0.1) is 6.61 Å². The molecule has 0 unspecified atom stereocenters. The molecule has 156 valence electrons. The first-order valence-electron chi connectivity index (χ1n) is 9.65. The highest BCUT2D eigenvalue weighted by Crippen LogP contribution is 2.31. The lowest BCUT2D eigenvalue weighted by molar-refractivity contribution is 0.0532. The third-order valence-electron chi connectivity index (χ3n) is 4.62. The van der Waals surface area contributed by atoms with E-state index in [-0.39, 0.29) is 12.0 Å². The highest BCUT2D eigenvalue weighted by Gasteiger charge is 2.16. The zero-order valence-electron chi connectivity index (χ0n) is 16.8. The number of amides is 2. The molecule has 2 heterocycles. The normalized spacial score (nSPS) is 12.5. The van der Waals surface area contributed by atoms with E-state index in [0.29, 0.717) is 42.7 Å². The minimum atomic E-state index is -0.330. The van der Waals surface area contributed by atoms with Crippen LogP contribution in [-0.2, 0) is 11.3 Å². The van der Waals surface area contributed by atoms with Gasteiger partial charge in [0.1, 0.15) is 18.1 Å². The van der Waals surface area contributed by atoms with Crippen LogP contribution in [0.25, 0.3) is 10.1 Å². The van der Waals surface area contributed by atoms with Crippen LogP contribution in [0.1, 0.15) is 22.2 Å². The van der Waals surface area contributed by atoms with Crippen LogP contribution in [0, 0.1) is 0 Å². The standard InChI is InChI=1S/C22H22N2O5S/c1-3-27-21(25)20-12-15-11-16(5-7-19(15)30-20)23-22(26)24(2)13-14-4-6-17-18(10-14)29-9-8-28-17/h4-7,10-12H,3,8-9,13H2,1-2H3,(H,23,26). The summed E-state index contributed by atoms with van der Waals surface area (Å²) in [5.41, 5.74) is 1.61. The molecule has 3 aromatic rings. The number of fused-ring (bicyclic) bond motifs is 2. The summed E-state index contributed by atoms with van der Waals surface area (Å²) in [6, 6.07) is 12.8. The van der Waals surface area contributed by atoms with Gasteiger partial charge in [-0.15, -0.1) is 11.3 Å². The smallest absolute Gasteiger partial charge is 0.348 e. The van der Waals surface area contributed by atoms with E-state index in [2.05, 4.69) is 5.32 Å². The fourth-order valence-electron chi connectivity index (χ4n) is 3.17. The molecule has 1 N–H and O–H groups in total. The van der Waals surface area contributed by atoms with Crippen LogP contribution < -0.4 is 14.8 Å². The van der Waals surface area contributed by atoms with Crippen LogP contribution in [0.3, 0.4) is 0 Å². The minimum Gasteiger partial charge on any atom is -0.486 e. The molecule has 0 spiro atoms. The number of nitrogens with zero attached hydrogens (tertiary/aromatic N) is 1. The Morgan fingerprint density at radius 2 is 1.90 bits per heavy atom. The van der Waals surface area contributed by atoms with Crippen molar-refractivity contribution in [2.45, 2.75) is 13.5 Å². The summed E-state index contributed by atoms with van der Waals surface area (Å²) in [4.78, 5) is 26.7. The average Bonchev–Trinajstić information content (AvgIpc) is 3.17. The van der Waals surface area contributed by atoms with Crippen molar-refractivity contribution < 1.29 is 23.8 Å². The predicted molar refractivity (Wildman–Crippen MR) is 116 cm³/mol. The summed E-state index contributed by atoms with van der Waals surface area (Å²) in [5.74, 6) is 1.10. The Kier molecular flexibility index (Phi) is 5.76. The SMILES string of the molecule is CCOC(=O)c1cc2cc(NC(=O)N(C)Cc3ccc4c(c3)OCCO4)ccc2s1. The van der Waals surface area contributed by atoms with E-state index in [1.165, 1.54) is 11.3 Å². The van der Waals surface area contributed by atoms with Crippen LogP contribution >= 0.6 is 11.3 Å². The first-order chi connectivity index (χ1) is 14.5. The van der Waals surface area contributed by atoms with Gasteiger partial charge in [0.25, 0.3) is 0 Å². The van der Waals surface area contributed by atoms with Crippen molar-refractivity contribution in [3.05, 3.63) is 52.9 Å². The summed E-state index contributed by atoms with van der Waals surface area (Å²) in [6.45, 7) is 3.61. The summed E-state index contributed by atoms with van der Waals surface area (Å²) >= 11 is 1.37. The van der Waals surface area contributed by atoms with Gasteiger partial charge in [0.2, 0.25) is 0 Å². The van der Waals surface area contributed by atoms with Gasteiger partial charge in [-0.1, -0.05) is 6.07 Å². The zero-order chi connectivity index (χ0) is 21.1. The lowest BCUT2D eigenvalue weighted by Crippen LogP contribution is -2.30. The molecule has 7 nitrogen and oxygen atoms in total. The van der Waals surface area contributed by atoms with Crippen LogP contribution in [0.5, 0.6) is 11.5 Å². The monoisotopic (exact) mass is 426 g/mol. The maximum Gasteiger partial charge on any atom is 0.348 e. The van der Waals surface area contributed by atoms with E-state index in [1.807, 2.05) is 36.4 Å². The molecule has 8 heteroatoms. The fourth-order valence-corrected chi connectivity index (χ4v) is 4.11. The number of hydrogen-bond acceptors (Lipinski definition) is 6. The summed E-state index contributed by atoms with van der Waals surface area (Å²) < 4.78 is 17.1. The molecule has 0 bridgehead atoms. The van der Waals surface area contributed by atoms with Crippen molar-refractivity contribution >= 4 is 39.1 Å². The van der Waals surface area contributed by atoms with Crippen LogP contribution in [0.15, 0.2) is 42.5 Å². The Bertz CT molecular complexity index is 1090. The van der Waals surface area contributed by atoms with Crippen molar-refractivity contribution in [1.29, 1.82) is 0 Å². The molecule has 1 aliphatic rings. The molecule has 0 saturated carbocycles. The predicted octanol–water partition coefficient (Wildman–Crippen LogP) is 4.51. The fraction of sp³-hybridized carbons (Fsp3) is 0.273. The van der Waals surface area contributed by atoms with E-state index >= 15 is 0 Å². The van der Waals surface area contributed by atoms with Gasteiger partial charge in [-0.25, -0.2) is 9.59 Å². The maximum absolute atomic E-state index is 12.6. The Hall–Kier alpha value is -3.26. The van der Waals surface area contributed by atoms with E-state index in [9.17, 15) is 9.59 Å². The number of rotatable bonds is 5. The van der Waals surface area contributed by atoms with Gasteiger partial charge < -0.3 is 24.4 Å². The quantitative estimate of drug-likeness (QED) is 0.608. The first-order valence-corrected chi connectivity index (χ1v) is 10.5. The number of esters is 1. The topological polar surface area (TPSA) is 77.1 Å². The molecule has 4 rings (SSSR count). The van der Waals surface area contributed by atoms with Gasteiger partial charge in [0.15, 0.2) is 11.5 Å². The maximum atomic E-state index is 12.6. The van der Waals surface area contributed by atoms with Crippen LogP contribution in [0.2, 0.25) is 0 Å². The Morgan fingerprint density at radius 3 is 2.70 bits per heavy atom. The van der Waals surface area contributed by atoms with Crippen molar-refractivity contribution in [2.75, 3.05) is 32.2 Å². The number of nitrogens with one attached hydrogen (secondary N) is 1. The molecule has 0 fully saturated rings. The van der Waals surface area contributed by atoms with E-state index in [1.54, 1.807) is 24.9 Å². The van der Waals surface area contributed by atoms with E-state index < -0.39 is 0 Å². The third-order valence-corrected chi connectivity index (χ3v) is 5.71. The molecule has 1 aliphatic heterocycles. The van der Waals surface area contributed by atoms with Crippen molar-refractivity contribution in [3.8, 4) is 11.5 Å². The number of ether oxygens (including phenoxy) is 3. The van der Waals surface area contributed by atoms with Crippen molar-refractivity contribution in [1.82, 2.24) is 4.90 Å². The third kappa shape index (κ3) is 4.33. The van der Waals surface area contributed by atoms with Gasteiger partial charge in [0, 0.05) is 24.0 Å². The molecule has 1 aromatic heterocycles. The average molecular weight is 426 g/mol. The number of benzene rings is 2. The molecular formula is C22H22N2O5S. The van der Waals surface area contributed by atoms with Gasteiger partial charge in [-0.05, 0) is 54.3 Å². The second-order valence-electron chi connectivity index (χ2n) is 6.85. The minimum absolute atomic E-state index is 0.231. The molecule has 0 atom stereocenters. The lowest BCUT2D eigenvalue weighted by Gasteiger charge is -2.21. The number of thiophene rings is 1. The summed E-state index contributed by atoms with van der Waals surface area (Å²) in [7, 11) is 1.73. The number of hydrogen-bond donors (Lipinski definition) is 1. The second-order valence-corrected chi connectivity index (χ2v) is 7.93. The summed E-state index contributed by atoms with van der Waals surface area (Å²) in [6.07, 6.45) is 0. The highest BCUT2D eigenvalue weighted by molar-refractivity contribution is 7.20. The largest absolute Gasteiger partial charge is 0.486 e. The second kappa shape index (κ2) is 8.62. The van der Waals surface area contributed by atoms with Gasteiger partial charge in [-0.3, -0.25) is 0 Å². The Labute approximate surface area is 178 Å².